The second kappa shape index (κ2) is 6.83. The lowest BCUT2D eigenvalue weighted by atomic mass is 9.87. The van der Waals surface area contributed by atoms with Crippen molar-refractivity contribution in [1.82, 2.24) is 4.90 Å². The third-order valence-corrected chi connectivity index (χ3v) is 5.36. The topological polar surface area (TPSA) is 3.24 Å². The van der Waals surface area contributed by atoms with Crippen LogP contribution < -0.4 is 0 Å². The van der Waals surface area contributed by atoms with Crippen molar-refractivity contribution in [2.45, 2.75) is 46.6 Å². The zero-order valence-electron chi connectivity index (χ0n) is 14.3. The summed E-state index contributed by atoms with van der Waals surface area (Å²) in [5.41, 5.74) is 2.97. The van der Waals surface area contributed by atoms with E-state index >= 15 is 0 Å². The van der Waals surface area contributed by atoms with Gasteiger partial charge in [-0.25, -0.2) is 0 Å². The van der Waals surface area contributed by atoms with Crippen LogP contribution >= 0.6 is 0 Å². The average molecular weight is 295 g/mol. The van der Waals surface area contributed by atoms with E-state index in [9.17, 15) is 0 Å². The van der Waals surface area contributed by atoms with Crippen LogP contribution in [0.25, 0.3) is 10.8 Å². The van der Waals surface area contributed by atoms with Crippen LogP contribution in [0.1, 0.15) is 44.7 Å². The fourth-order valence-corrected chi connectivity index (χ4v) is 3.89. The van der Waals surface area contributed by atoms with E-state index in [-0.39, 0.29) is 0 Å². The predicted molar refractivity (Wildman–Crippen MR) is 96.2 cm³/mol. The quantitative estimate of drug-likeness (QED) is 0.742. The van der Waals surface area contributed by atoms with Crippen LogP contribution in [0.4, 0.5) is 0 Å². The number of rotatable bonds is 4. The molecule has 3 rings (SSSR count). The fourth-order valence-electron chi connectivity index (χ4n) is 3.89. The van der Waals surface area contributed by atoms with Crippen LogP contribution in [-0.2, 0) is 13.0 Å². The molecule has 0 radical (unpaired) electrons. The standard InChI is InChI=1S/C21H29N/c1-4-17-11-12-19(21-10-6-5-9-20(17)21)15-22-13-7-8-18(14-22)16(2)3/h5-6,9-12,16,18H,4,7-8,13-15H2,1-3H3/t18-/m1/s1. The van der Waals surface area contributed by atoms with E-state index in [0.29, 0.717) is 0 Å². The Hall–Kier alpha value is -1.34. The monoisotopic (exact) mass is 295 g/mol. The lowest BCUT2D eigenvalue weighted by Gasteiger charge is -2.35. The van der Waals surface area contributed by atoms with Gasteiger partial charge in [0.05, 0.1) is 0 Å². The van der Waals surface area contributed by atoms with Crippen LogP contribution in [-0.4, -0.2) is 18.0 Å². The molecule has 0 aromatic heterocycles. The third-order valence-electron chi connectivity index (χ3n) is 5.36. The second-order valence-electron chi connectivity index (χ2n) is 7.16. The van der Waals surface area contributed by atoms with Gasteiger partial charge < -0.3 is 0 Å². The molecular formula is C21H29N. The van der Waals surface area contributed by atoms with Crippen molar-refractivity contribution in [2.24, 2.45) is 11.8 Å². The molecule has 1 nitrogen and oxygen atoms in total. The summed E-state index contributed by atoms with van der Waals surface area (Å²) < 4.78 is 0. The number of nitrogens with zero attached hydrogens (tertiary/aromatic N) is 1. The Balaban J connectivity index is 1.85. The molecule has 1 fully saturated rings. The molecule has 1 aliphatic rings. The van der Waals surface area contributed by atoms with Gasteiger partial charge in [0.2, 0.25) is 0 Å². The van der Waals surface area contributed by atoms with E-state index in [2.05, 4.69) is 62.1 Å². The first-order valence-corrected chi connectivity index (χ1v) is 8.91. The van der Waals surface area contributed by atoms with Gasteiger partial charge in [0.25, 0.3) is 0 Å². The van der Waals surface area contributed by atoms with Crippen molar-refractivity contribution in [3.05, 3.63) is 47.5 Å². The maximum Gasteiger partial charge on any atom is 0.0240 e. The van der Waals surface area contributed by atoms with Crippen LogP contribution in [0.2, 0.25) is 0 Å². The molecule has 2 aromatic rings. The summed E-state index contributed by atoms with van der Waals surface area (Å²) in [6.45, 7) is 10.6. The summed E-state index contributed by atoms with van der Waals surface area (Å²) in [5, 5.41) is 2.90. The van der Waals surface area contributed by atoms with Gasteiger partial charge in [-0.05, 0) is 59.5 Å². The van der Waals surface area contributed by atoms with Gasteiger partial charge >= 0.3 is 0 Å². The Kier molecular flexibility index (Phi) is 4.83. The second-order valence-corrected chi connectivity index (χ2v) is 7.16. The summed E-state index contributed by atoms with van der Waals surface area (Å²) in [7, 11) is 0. The van der Waals surface area contributed by atoms with Gasteiger partial charge in [-0.2, -0.15) is 0 Å². The highest BCUT2D eigenvalue weighted by atomic mass is 15.1. The average Bonchev–Trinajstić information content (AvgIpc) is 2.55. The van der Waals surface area contributed by atoms with Gasteiger partial charge in [-0.15, -0.1) is 0 Å². The SMILES string of the molecule is CCc1ccc(CN2CCC[C@@H](C(C)C)C2)c2ccccc12. The minimum Gasteiger partial charge on any atom is -0.299 e. The van der Waals surface area contributed by atoms with Gasteiger partial charge in [0, 0.05) is 13.1 Å². The molecule has 0 aliphatic carbocycles. The van der Waals surface area contributed by atoms with E-state index in [1.165, 1.54) is 47.8 Å². The maximum atomic E-state index is 2.67. The molecule has 0 unspecified atom stereocenters. The van der Waals surface area contributed by atoms with Gasteiger partial charge in [-0.1, -0.05) is 57.2 Å². The maximum absolute atomic E-state index is 2.67. The number of hydrogen-bond acceptors (Lipinski definition) is 1. The van der Waals surface area contributed by atoms with Crippen molar-refractivity contribution in [3.63, 3.8) is 0 Å². The zero-order chi connectivity index (χ0) is 15.5. The molecule has 0 saturated carbocycles. The van der Waals surface area contributed by atoms with E-state index in [4.69, 9.17) is 0 Å². The van der Waals surface area contributed by atoms with Crippen molar-refractivity contribution >= 4 is 10.8 Å². The highest BCUT2D eigenvalue weighted by molar-refractivity contribution is 5.88. The lowest BCUT2D eigenvalue weighted by Crippen LogP contribution is -2.36. The van der Waals surface area contributed by atoms with Crippen LogP contribution in [0.5, 0.6) is 0 Å². The summed E-state index contributed by atoms with van der Waals surface area (Å²) in [6.07, 6.45) is 3.87. The molecule has 0 bridgehead atoms. The first-order chi connectivity index (χ1) is 10.7. The number of fused-ring (bicyclic) bond motifs is 1. The van der Waals surface area contributed by atoms with Crippen molar-refractivity contribution in [3.8, 4) is 0 Å². The molecule has 118 valence electrons. The molecular weight excluding hydrogens is 266 g/mol. The van der Waals surface area contributed by atoms with Gasteiger partial charge in [-0.3, -0.25) is 4.90 Å². The van der Waals surface area contributed by atoms with Crippen molar-refractivity contribution < 1.29 is 0 Å². The Morgan fingerprint density at radius 1 is 1.05 bits per heavy atom. The fraction of sp³-hybridized carbons (Fsp3) is 0.524. The van der Waals surface area contributed by atoms with E-state index < -0.39 is 0 Å². The summed E-state index contributed by atoms with van der Waals surface area (Å²) in [6, 6.07) is 13.6. The normalized spacial score (nSPS) is 19.9. The molecule has 1 atom stereocenters. The van der Waals surface area contributed by atoms with E-state index in [0.717, 1.165) is 24.8 Å². The highest BCUT2D eigenvalue weighted by Gasteiger charge is 2.22. The van der Waals surface area contributed by atoms with E-state index in [1.807, 2.05) is 0 Å². The lowest BCUT2D eigenvalue weighted by molar-refractivity contribution is 0.139. The number of hydrogen-bond donors (Lipinski definition) is 0. The predicted octanol–water partition coefficient (Wildman–Crippen LogP) is 5.27. The van der Waals surface area contributed by atoms with Crippen LogP contribution in [0.15, 0.2) is 36.4 Å². The first-order valence-electron chi connectivity index (χ1n) is 8.91. The minimum absolute atomic E-state index is 0.807. The Labute approximate surface area is 135 Å². The van der Waals surface area contributed by atoms with Gasteiger partial charge in [0.1, 0.15) is 0 Å². The smallest absolute Gasteiger partial charge is 0.0240 e. The van der Waals surface area contributed by atoms with Crippen molar-refractivity contribution in [2.75, 3.05) is 13.1 Å². The minimum atomic E-state index is 0.807. The molecule has 1 aliphatic heterocycles. The molecule has 0 N–H and O–H groups in total. The highest BCUT2D eigenvalue weighted by Crippen LogP contribution is 2.28. The molecule has 0 spiro atoms. The van der Waals surface area contributed by atoms with E-state index in [1.54, 1.807) is 0 Å². The summed E-state index contributed by atoms with van der Waals surface area (Å²) in [4.78, 5) is 2.67. The first kappa shape index (κ1) is 15.6. The molecule has 1 saturated heterocycles. The molecule has 0 amide bonds. The van der Waals surface area contributed by atoms with Crippen molar-refractivity contribution in [1.29, 1.82) is 0 Å². The molecule has 2 aromatic carbocycles. The van der Waals surface area contributed by atoms with Gasteiger partial charge in [0.15, 0.2) is 0 Å². The Morgan fingerprint density at radius 2 is 1.73 bits per heavy atom. The molecule has 22 heavy (non-hydrogen) atoms. The zero-order valence-corrected chi connectivity index (χ0v) is 14.3. The number of piperidine rings is 1. The molecule has 1 heteroatoms. The third kappa shape index (κ3) is 3.20. The summed E-state index contributed by atoms with van der Waals surface area (Å²) >= 11 is 0. The largest absolute Gasteiger partial charge is 0.299 e. The Morgan fingerprint density at radius 3 is 2.41 bits per heavy atom. The Bertz CT molecular complexity index is 629. The molecule has 1 heterocycles. The number of likely N-dealkylation sites (tertiary alicyclic amines) is 1. The van der Waals surface area contributed by atoms with Crippen LogP contribution in [0, 0.1) is 11.8 Å². The number of benzene rings is 2. The summed E-state index contributed by atoms with van der Waals surface area (Å²) in [5.74, 6) is 1.68. The van der Waals surface area contributed by atoms with Crippen LogP contribution in [0.3, 0.4) is 0 Å². The number of aryl methyl sites for hydroxylation is 1.